The van der Waals surface area contributed by atoms with Gasteiger partial charge >= 0.3 is 5.91 Å². The lowest BCUT2D eigenvalue weighted by Gasteiger charge is -2.26. The maximum atomic E-state index is 13.5. The van der Waals surface area contributed by atoms with Crippen molar-refractivity contribution in [3.8, 4) is 5.75 Å². The Bertz CT molecular complexity index is 1220. The Hall–Kier alpha value is -3.44. The molecule has 2 aromatic carbocycles. The van der Waals surface area contributed by atoms with Crippen LogP contribution in [-0.2, 0) is 14.3 Å². The molecule has 0 saturated heterocycles. The highest BCUT2D eigenvalue weighted by Crippen LogP contribution is 2.24. The average Bonchev–Trinajstić information content (AvgIpc) is 2.92. The van der Waals surface area contributed by atoms with E-state index < -0.39 is 11.5 Å². The van der Waals surface area contributed by atoms with Gasteiger partial charge in [-0.3, -0.25) is 9.59 Å². The van der Waals surface area contributed by atoms with E-state index in [1.54, 1.807) is 32.4 Å². The fourth-order valence-corrected chi connectivity index (χ4v) is 4.33. The van der Waals surface area contributed by atoms with E-state index in [-0.39, 0.29) is 36.4 Å². The predicted octanol–water partition coefficient (Wildman–Crippen LogP) is 2.43. The Morgan fingerprint density at radius 2 is 1.78 bits per heavy atom. The van der Waals surface area contributed by atoms with Crippen molar-refractivity contribution in [1.82, 2.24) is 20.9 Å². The van der Waals surface area contributed by atoms with Gasteiger partial charge in [0.1, 0.15) is 17.5 Å². The lowest BCUT2D eigenvalue weighted by molar-refractivity contribution is -0.479. The fourth-order valence-electron chi connectivity index (χ4n) is 4.15. The molecule has 11 heteroatoms. The van der Waals surface area contributed by atoms with Crippen LogP contribution in [0.1, 0.15) is 37.6 Å². The first-order chi connectivity index (χ1) is 19.4. The van der Waals surface area contributed by atoms with E-state index in [1.165, 1.54) is 5.32 Å². The summed E-state index contributed by atoms with van der Waals surface area (Å²) in [5, 5.41) is 10.7. The maximum Gasteiger partial charge on any atom is 0.365 e. The Morgan fingerprint density at radius 3 is 2.37 bits per heavy atom. The smallest absolute Gasteiger partial charge is 0.365 e. The summed E-state index contributed by atoms with van der Waals surface area (Å²) in [5.74, 6) is -0.677. The van der Waals surface area contributed by atoms with Crippen molar-refractivity contribution in [2.45, 2.75) is 33.3 Å². The van der Waals surface area contributed by atoms with E-state index in [0.717, 1.165) is 0 Å². The van der Waals surface area contributed by atoms with E-state index in [2.05, 4.69) is 16.0 Å². The second-order valence-electron chi connectivity index (χ2n) is 10.6. The van der Waals surface area contributed by atoms with Gasteiger partial charge in [-0.15, -0.1) is 0 Å². The van der Waals surface area contributed by atoms with Crippen LogP contribution in [0.15, 0.2) is 59.9 Å². The molecular weight excluding hydrogens is 546 g/mol. The summed E-state index contributed by atoms with van der Waals surface area (Å²) in [4.78, 5) is 41.7. The average molecular weight is 589 g/mol. The van der Waals surface area contributed by atoms with E-state index in [9.17, 15) is 14.4 Å². The molecular formula is C30H43ClN5O5+. The molecule has 1 atom stereocenters. The number of carbonyl (C=O) groups is 3. The second kappa shape index (κ2) is 16.1. The molecule has 0 radical (unpaired) electrons. The van der Waals surface area contributed by atoms with Gasteiger partial charge in [0.15, 0.2) is 5.70 Å². The first-order valence-electron chi connectivity index (χ1n) is 13.4. The van der Waals surface area contributed by atoms with Crippen LogP contribution in [0.4, 0.5) is 5.69 Å². The number of hydrogen-bond acceptors (Lipinski definition) is 7. The number of hydrogen-bond donors (Lipinski definition) is 4. The molecule has 3 amide bonds. The quantitative estimate of drug-likeness (QED) is 0.186. The molecule has 10 nitrogen and oxygen atoms in total. The van der Waals surface area contributed by atoms with E-state index in [4.69, 9.17) is 21.1 Å². The number of likely N-dealkylation sites (N-methyl/N-ethyl adjacent to an activating group) is 2. The van der Waals surface area contributed by atoms with Crippen LogP contribution >= 0.6 is 11.6 Å². The molecule has 2 aromatic rings. The van der Waals surface area contributed by atoms with Gasteiger partial charge in [-0.25, -0.2) is 10.1 Å². The number of para-hydroxylation sites is 1. The number of carbonyl (C=O) groups excluding carboxylic acids is 3. The highest BCUT2D eigenvalue weighted by Gasteiger charge is 2.30. The largest absolute Gasteiger partial charge is 0.493 e. The molecule has 0 aliphatic rings. The zero-order valence-corrected chi connectivity index (χ0v) is 25.7. The van der Waals surface area contributed by atoms with Crippen LogP contribution in [0.5, 0.6) is 5.75 Å². The zero-order valence-electron chi connectivity index (χ0n) is 25.0. The molecule has 2 rings (SSSR count). The van der Waals surface area contributed by atoms with Crippen LogP contribution in [0.2, 0.25) is 5.02 Å². The van der Waals surface area contributed by atoms with E-state index >= 15 is 0 Å². The summed E-state index contributed by atoms with van der Waals surface area (Å²) in [6, 6.07) is 14.0. The molecule has 0 aromatic heterocycles. The van der Waals surface area contributed by atoms with Crippen molar-refractivity contribution >= 4 is 35.0 Å². The van der Waals surface area contributed by atoms with E-state index in [1.807, 2.05) is 70.1 Å². The Morgan fingerprint density at radius 1 is 1.10 bits per heavy atom. The highest BCUT2D eigenvalue weighted by molar-refractivity contribution is 6.31. The van der Waals surface area contributed by atoms with Gasteiger partial charge in [0.05, 0.1) is 17.9 Å². The fraction of sp³-hybridized carbons (Fsp3) is 0.433. The first kappa shape index (κ1) is 33.8. The number of methoxy groups -OCH3 is 1. The van der Waals surface area contributed by atoms with Crippen molar-refractivity contribution in [2.24, 2.45) is 5.41 Å². The lowest BCUT2D eigenvalue weighted by atomic mass is 9.88. The van der Waals surface area contributed by atoms with Gasteiger partial charge in [0.25, 0.3) is 5.91 Å². The number of rotatable bonds is 15. The summed E-state index contributed by atoms with van der Waals surface area (Å²) in [6.45, 7) is 6.63. The maximum absolute atomic E-state index is 13.5. The van der Waals surface area contributed by atoms with Crippen LogP contribution < -0.4 is 26.0 Å². The van der Waals surface area contributed by atoms with Crippen LogP contribution in [0.3, 0.4) is 0 Å². The van der Waals surface area contributed by atoms with Crippen molar-refractivity contribution in [3.63, 3.8) is 0 Å². The minimum absolute atomic E-state index is 0.0333. The standard InChI is InChI=1S/C30H42ClN5O5/c1-8-41-23-15-14-20(31)16-22(23)28(38)33-19-30(2,3)17-25(37)35-27(26(32-4)24(40-7)18-36(5)6)29(39)34-21-12-10-9-11-13-21/h9-16,24,32H,8,17-19H2,1-7H3,(H,33,38)(H,34,39)(H,35,37)/p+1/b27-26+. The summed E-state index contributed by atoms with van der Waals surface area (Å²) in [5.41, 5.74) is 0.942. The Labute approximate surface area is 247 Å². The van der Waals surface area contributed by atoms with Gasteiger partial charge in [-0.1, -0.05) is 43.6 Å². The lowest BCUT2D eigenvalue weighted by Crippen LogP contribution is -2.83. The van der Waals surface area contributed by atoms with Crippen LogP contribution in [-0.4, -0.2) is 76.7 Å². The third kappa shape index (κ3) is 10.8. The minimum Gasteiger partial charge on any atom is -0.493 e. The van der Waals surface area contributed by atoms with Crippen molar-refractivity contribution in [3.05, 3.63) is 70.5 Å². The molecule has 41 heavy (non-hydrogen) atoms. The number of quaternary nitrogens is 1. The molecule has 0 spiro atoms. The number of nitrogens with zero attached hydrogens (tertiary/aromatic N) is 1. The normalized spacial score (nSPS) is 12.8. The molecule has 0 aliphatic carbocycles. The van der Waals surface area contributed by atoms with Crippen molar-refractivity contribution in [2.75, 3.05) is 47.9 Å². The SMILES string of the molecule is CCOc1ccc(Cl)cc1C(=O)NCC(C)(C)CC(=O)N/C(C(=O)[NH2+]c1ccccc1)=C(/NC)C(CN(C)C)OC. The molecule has 0 heterocycles. The van der Waals surface area contributed by atoms with E-state index in [0.29, 0.717) is 40.9 Å². The summed E-state index contributed by atoms with van der Waals surface area (Å²) >= 11 is 6.10. The number of primary amides is 1. The number of nitrogens with one attached hydrogen (secondary N) is 3. The second-order valence-corrected chi connectivity index (χ2v) is 11.0. The van der Waals surface area contributed by atoms with Crippen molar-refractivity contribution in [1.29, 1.82) is 0 Å². The van der Waals surface area contributed by atoms with Crippen LogP contribution in [0.25, 0.3) is 0 Å². The van der Waals surface area contributed by atoms with Gasteiger partial charge < -0.3 is 30.3 Å². The number of ether oxygens (including phenoxy) is 2. The Balaban J connectivity index is 2.23. The number of nitrogens with two attached hydrogens (primary N) is 1. The molecule has 0 aliphatic heterocycles. The third-order valence-corrected chi connectivity index (χ3v) is 6.37. The monoisotopic (exact) mass is 588 g/mol. The van der Waals surface area contributed by atoms with Gasteiger partial charge in [0.2, 0.25) is 5.91 Å². The first-order valence-corrected chi connectivity index (χ1v) is 13.8. The van der Waals surface area contributed by atoms with Crippen molar-refractivity contribution < 1.29 is 29.2 Å². The third-order valence-electron chi connectivity index (χ3n) is 6.14. The zero-order chi connectivity index (χ0) is 30.6. The molecule has 224 valence electrons. The van der Waals surface area contributed by atoms with Gasteiger partial charge in [-0.2, -0.15) is 0 Å². The minimum atomic E-state index is -0.647. The van der Waals surface area contributed by atoms with Gasteiger partial charge in [-0.05, 0) is 56.8 Å². The molecule has 1 unspecified atom stereocenters. The summed E-state index contributed by atoms with van der Waals surface area (Å²) < 4.78 is 11.2. The number of amides is 3. The summed E-state index contributed by atoms with van der Waals surface area (Å²) in [7, 11) is 7.03. The Kier molecular flexibility index (Phi) is 13.3. The molecule has 0 bridgehead atoms. The topological polar surface area (TPSA) is 126 Å². The summed E-state index contributed by atoms with van der Waals surface area (Å²) in [6.07, 6.45) is -0.464. The number of benzene rings is 2. The van der Waals surface area contributed by atoms with Gasteiger partial charge in [0, 0.05) is 38.7 Å². The predicted molar refractivity (Wildman–Crippen MR) is 160 cm³/mol. The number of halogens is 1. The van der Waals surface area contributed by atoms with Crippen LogP contribution in [0, 0.1) is 5.41 Å². The molecule has 0 saturated carbocycles. The highest BCUT2D eigenvalue weighted by atomic mass is 35.5. The molecule has 5 N–H and O–H groups in total. The molecule has 0 fully saturated rings.